The number of alkyl halides is 2. The molecule has 0 saturated carbocycles. The average molecular weight is 253 g/mol. The van der Waals surface area contributed by atoms with E-state index in [9.17, 15) is 8.78 Å². The Labute approximate surface area is 93.1 Å². The Morgan fingerprint density at radius 1 is 1.14 bits per heavy atom. The number of thiophene rings is 1. The molecule has 1 heterocycles. The smallest absolute Gasteiger partial charge is 0.205 e. The SMILES string of the molecule is FC(F)c1cc2c(Cl)csc2cc1Cl. The molecule has 0 N–H and O–H groups in total. The van der Waals surface area contributed by atoms with E-state index in [2.05, 4.69) is 0 Å². The van der Waals surface area contributed by atoms with Crippen molar-refractivity contribution in [3.8, 4) is 0 Å². The van der Waals surface area contributed by atoms with Crippen LogP contribution in [0, 0.1) is 0 Å². The summed E-state index contributed by atoms with van der Waals surface area (Å²) in [6.45, 7) is 0. The van der Waals surface area contributed by atoms with Gasteiger partial charge in [0.15, 0.2) is 0 Å². The summed E-state index contributed by atoms with van der Waals surface area (Å²) < 4.78 is 25.8. The van der Waals surface area contributed by atoms with Gasteiger partial charge in [-0.25, -0.2) is 8.78 Å². The molecule has 1 aromatic heterocycles. The van der Waals surface area contributed by atoms with Gasteiger partial charge in [-0.15, -0.1) is 11.3 Å². The van der Waals surface area contributed by atoms with Crippen LogP contribution >= 0.6 is 34.5 Å². The highest BCUT2D eigenvalue weighted by atomic mass is 35.5. The van der Waals surface area contributed by atoms with Gasteiger partial charge in [0, 0.05) is 21.0 Å². The van der Waals surface area contributed by atoms with Crippen molar-refractivity contribution < 1.29 is 8.78 Å². The van der Waals surface area contributed by atoms with Crippen LogP contribution in [0.5, 0.6) is 0 Å². The van der Waals surface area contributed by atoms with Crippen LogP contribution in [-0.4, -0.2) is 0 Å². The van der Waals surface area contributed by atoms with Crippen molar-refractivity contribution in [1.82, 2.24) is 0 Å². The third kappa shape index (κ3) is 1.60. The summed E-state index contributed by atoms with van der Waals surface area (Å²) in [5.41, 5.74) is -0.167. The second-order valence-electron chi connectivity index (χ2n) is 2.75. The van der Waals surface area contributed by atoms with Crippen LogP contribution in [0.2, 0.25) is 10.0 Å². The second kappa shape index (κ2) is 3.65. The van der Waals surface area contributed by atoms with Gasteiger partial charge in [-0.2, -0.15) is 0 Å². The molecule has 2 rings (SSSR count). The lowest BCUT2D eigenvalue weighted by Crippen LogP contribution is -1.84. The van der Waals surface area contributed by atoms with Gasteiger partial charge in [0.1, 0.15) is 0 Å². The lowest BCUT2D eigenvalue weighted by atomic mass is 10.2. The Balaban J connectivity index is 2.74. The molecule has 1 aromatic carbocycles. The third-order valence-corrected chi connectivity index (χ3v) is 3.60. The van der Waals surface area contributed by atoms with Crippen molar-refractivity contribution in [1.29, 1.82) is 0 Å². The van der Waals surface area contributed by atoms with Gasteiger partial charge in [0.05, 0.1) is 10.0 Å². The molecule has 0 spiro atoms. The number of fused-ring (bicyclic) bond motifs is 1. The van der Waals surface area contributed by atoms with Crippen LogP contribution in [0.3, 0.4) is 0 Å². The van der Waals surface area contributed by atoms with E-state index in [4.69, 9.17) is 23.2 Å². The van der Waals surface area contributed by atoms with Crippen LogP contribution in [-0.2, 0) is 0 Å². The molecule has 0 saturated heterocycles. The maximum atomic E-state index is 12.5. The Hall–Kier alpha value is -0.380. The number of benzene rings is 1. The van der Waals surface area contributed by atoms with Gasteiger partial charge < -0.3 is 0 Å². The number of hydrogen-bond donors (Lipinski definition) is 0. The van der Waals surface area contributed by atoms with E-state index >= 15 is 0 Å². The largest absolute Gasteiger partial charge is 0.265 e. The molecular weight excluding hydrogens is 249 g/mol. The normalized spacial score (nSPS) is 11.5. The number of hydrogen-bond acceptors (Lipinski definition) is 1. The van der Waals surface area contributed by atoms with E-state index in [0.29, 0.717) is 10.4 Å². The van der Waals surface area contributed by atoms with Crippen LogP contribution in [0.25, 0.3) is 10.1 Å². The molecule has 2 aromatic rings. The summed E-state index contributed by atoms with van der Waals surface area (Å²) in [6, 6.07) is 2.87. The van der Waals surface area contributed by atoms with E-state index < -0.39 is 6.43 Å². The second-order valence-corrected chi connectivity index (χ2v) is 4.48. The number of halogens is 4. The first-order chi connectivity index (χ1) is 6.59. The minimum atomic E-state index is -2.57. The molecule has 0 unspecified atom stereocenters. The summed E-state index contributed by atoms with van der Waals surface area (Å²) in [4.78, 5) is 0. The first-order valence-electron chi connectivity index (χ1n) is 3.74. The van der Waals surface area contributed by atoms with Gasteiger partial charge in [0.2, 0.25) is 0 Å². The van der Waals surface area contributed by atoms with E-state index in [1.807, 2.05) is 0 Å². The van der Waals surface area contributed by atoms with Gasteiger partial charge in [-0.3, -0.25) is 0 Å². The molecule has 0 radical (unpaired) electrons. The topological polar surface area (TPSA) is 0 Å². The standard InChI is InChI=1S/C9H4Cl2F2S/c10-6-2-8-4(7(11)3-14-8)1-5(6)9(12)13/h1-3,9H. The quantitative estimate of drug-likeness (QED) is 0.659. The summed E-state index contributed by atoms with van der Waals surface area (Å²) in [5.74, 6) is 0. The zero-order valence-corrected chi connectivity index (χ0v) is 9.06. The molecule has 0 aliphatic heterocycles. The highest BCUT2D eigenvalue weighted by Crippen LogP contribution is 2.37. The summed E-state index contributed by atoms with van der Waals surface area (Å²) in [5, 5.41) is 2.92. The van der Waals surface area contributed by atoms with Crippen molar-refractivity contribution in [3.63, 3.8) is 0 Å². The van der Waals surface area contributed by atoms with Crippen LogP contribution < -0.4 is 0 Å². The van der Waals surface area contributed by atoms with Gasteiger partial charge in [0.25, 0.3) is 6.43 Å². The molecule has 5 heteroatoms. The van der Waals surface area contributed by atoms with Crippen molar-refractivity contribution in [2.75, 3.05) is 0 Å². The molecule has 74 valence electrons. The maximum absolute atomic E-state index is 12.5. The van der Waals surface area contributed by atoms with Crippen molar-refractivity contribution >= 4 is 44.6 Å². The summed E-state index contributed by atoms with van der Waals surface area (Å²) >= 11 is 12.9. The zero-order chi connectivity index (χ0) is 10.3. The predicted octanol–water partition coefficient (Wildman–Crippen LogP) is 5.15. The lowest BCUT2D eigenvalue weighted by Gasteiger charge is -2.02. The van der Waals surface area contributed by atoms with Crippen molar-refractivity contribution in [2.45, 2.75) is 6.43 Å². The summed E-state index contributed by atoms with van der Waals surface area (Å²) in [6.07, 6.45) is -2.57. The molecule has 0 nitrogen and oxygen atoms in total. The highest BCUT2D eigenvalue weighted by Gasteiger charge is 2.14. The fraction of sp³-hybridized carbons (Fsp3) is 0.111. The van der Waals surface area contributed by atoms with Crippen LogP contribution in [0.4, 0.5) is 8.78 Å². The third-order valence-electron chi connectivity index (χ3n) is 1.88. The van der Waals surface area contributed by atoms with E-state index in [1.54, 1.807) is 5.38 Å². The minimum absolute atomic E-state index is 0.0889. The van der Waals surface area contributed by atoms with Crippen LogP contribution in [0.1, 0.15) is 12.0 Å². The van der Waals surface area contributed by atoms with Crippen molar-refractivity contribution in [2.24, 2.45) is 0 Å². The van der Waals surface area contributed by atoms with E-state index in [0.717, 1.165) is 4.70 Å². The molecule has 0 fully saturated rings. The molecular formula is C9H4Cl2F2S. The maximum Gasteiger partial charge on any atom is 0.265 e. The Bertz CT molecular complexity index is 479. The molecule has 14 heavy (non-hydrogen) atoms. The molecule has 0 aliphatic rings. The minimum Gasteiger partial charge on any atom is -0.205 e. The summed E-state index contributed by atoms with van der Waals surface area (Å²) in [7, 11) is 0. The number of rotatable bonds is 1. The zero-order valence-electron chi connectivity index (χ0n) is 6.73. The fourth-order valence-corrected chi connectivity index (χ4v) is 2.70. The van der Waals surface area contributed by atoms with E-state index in [-0.39, 0.29) is 10.6 Å². The van der Waals surface area contributed by atoms with Gasteiger partial charge in [-0.1, -0.05) is 23.2 Å². The monoisotopic (exact) mass is 252 g/mol. The lowest BCUT2D eigenvalue weighted by molar-refractivity contribution is 0.151. The molecule has 0 atom stereocenters. The fourth-order valence-electron chi connectivity index (χ4n) is 1.20. The Morgan fingerprint density at radius 2 is 1.86 bits per heavy atom. The highest BCUT2D eigenvalue weighted by molar-refractivity contribution is 7.17. The first kappa shape index (κ1) is 10.1. The van der Waals surface area contributed by atoms with Gasteiger partial charge >= 0.3 is 0 Å². The Morgan fingerprint density at radius 3 is 2.50 bits per heavy atom. The molecule has 0 aliphatic carbocycles. The average Bonchev–Trinajstić information content (AvgIpc) is 2.46. The van der Waals surface area contributed by atoms with Crippen molar-refractivity contribution in [3.05, 3.63) is 33.1 Å². The predicted molar refractivity (Wildman–Crippen MR) is 56.8 cm³/mol. The Kier molecular flexibility index (Phi) is 2.64. The first-order valence-corrected chi connectivity index (χ1v) is 5.37. The molecule has 0 amide bonds. The van der Waals surface area contributed by atoms with Gasteiger partial charge in [-0.05, 0) is 12.1 Å². The van der Waals surface area contributed by atoms with E-state index in [1.165, 1.54) is 23.5 Å². The molecule has 0 bridgehead atoms. The van der Waals surface area contributed by atoms with Crippen LogP contribution in [0.15, 0.2) is 17.5 Å².